The van der Waals surface area contributed by atoms with Crippen LogP contribution in [0.5, 0.6) is 0 Å². The number of carbonyl (C=O) groups excluding carboxylic acids is 1. The highest BCUT2D eigenvalue weighted by atomic mass is 32.1. The molecule has 0 aliphatic carbocycles. The second kappa shape index (κ2) is 7.82. The van der Waals surface area contributed by atoms with Gasteiger partial charge in [-0.2, -0.15) is 0 Å². The van der Waals surface area contributed by atoms with Gasteiger partial charge in [-0.15, -0.1) is 11.3 Å². The van der Waals surface area contributed by atoms with Crippen LogP contribution in [0.15, 0.2) is 40.8 Å². The molecule has 1 aromatic carbocycles. The lowest BCUT2D eigenvalue weighted by molar-refractivity contribution is 0.0906. The molecule has 1 aliphatic rings. The quantitative estimate of drug-likeness (QED) is 0.699. The Balaban J connectivity index is 1.37. The molecule has 6 heteroatoms. The number of benzene rings is 1. The highest BCUT2D eigenvalue weighted by molar-refractivity contribution is 7.18. The Morgan fingerprint density at radius 2 is 2.07 bits per heavy atom. The molecule has 0 saturated carbocycles. The Bertz CT molecular complexity index is 891. The van der Waals surface area contributed by atoms with Gasteiger partial charge in [0.2, 0.25) is 0 Å². The second-order valence-electron chi connectivity index (χ2n) is 7.44. The lowest BCUT2D eigenvalue weighted by atomic mass is 9.99. The molecule has 1 atom stereocenters. The molecule has 1 N–H and O–H groups in total. The average molecular weight is 384 g/mol. The number of fused-ring (bicyclic) bond motifs is 1. The van der Waals surface area contributed by atoms with Crippen LogP contribution in [0.25, 0.3) is 10.2 Å². The molecule has 4 rings (SSSR count). The van der Waals surface area contributed by atoms with Crippen LogP contribution in [0.1, 0.15) is 54.1 Å². The summed E-state index contributed by atoms with van der Waals surface area (Å²) in [6.07, 6.45) is 2.46. The molecule has 1 saturated heterocycles. The molecule has 1 fully saturated rings. The van der Waals surface area contributed by atoms with Gasteiger partial charge in [0.15, 0.2) is 5.76 Å². The van der Waals surface area contributed by atoms with Gasteiger partial charge in [-0.05, 0) is 63.0 Å². The van der Waals surface area contributed by atoms with Gasteiger partial charge in [0, 0.05) is 0 Å². The Morgan fingerprint density at radius 1 is 1.30 bits per heavy atom. The van der Waals surface area contributed by atoms with Gasteiger partial charge in [-0.25, -0.2) is 4.98 Å². The van der Waals surface area contributed by atoms with E-state index in [1.54, 1.807) is 17.4 Å². The third-order valence-corrected chi connectivity index (χ3v) is 6.39. The van der Waals surface area contributed by atoms with Crippen molar-refractivity contribution < 1.29 is 9.21 Å². The maximum absolute atomic E-state index is 12.6. The fraction of sp³-hybridized carbons (Fsp3) is 0.429. The maximum Gasteiger partial charge on any atom is 0.287 e. The maximum atomic E-state index is 12.6. The summed E-state index contributed by atoms with van der Waals surface area (Å²) in [5.74, 6) is 1.83. The summed E-state index contributed by atoms with van der Waals surface area (Å²) in [4.78, 5) is 19.6. The molecule has 3 heterocycles. The monoisotopic (exact) mass is 383 g/mol. The molecule has 3 aromatic rings. The predicted octanol–water partition coefficient (Wildman–Crippen LogP) is 4.61. The number of carbonyl (C=O) groups is 1. The van der Waals surface area contributed by atoms with Crippen molar-refractivity contribution in [3.05, 3.63) is 52.9 Å². The lowest BCUT2D eigenvalue weighted by Gasteiger charge is -2.29. The van der Waals surface area contributed by atoms with Crippen molar-refractivity contribution in [1.29, 1.82) is 0 Å². The molecule has 27 heavy (non-hydrogen) atoms. The van der Waals surface area contributed by atoms with E-state index in [9.17, 15) is 4.79 Å². The van der Waals surface area contributed by atoms with Crippen molar-refractivity contribution in [1.82, 2.24) is 15.2 Å². The van der Waals surface area contributed by atoms with E-state index in [1.807, 2.05) is 37.3 Å². The summed E-state index contributed by atoms with van der Waals surface area (Å²) in [6.45, 7) is 7.22. The van der Waals surface area contributed by atoms with E-state index in [0.29, 0.717) is 5.76 Å². The SMILES string of the molecule is CC1CCN(Cc2ccc(C(=O)N[C@@H](C)c3nc4ccccc4s3)o2)CC1. The van der Waals surface area contributed by atoms with Gasteiger partial charge >= 0.3 is 0 Å². The number of piperidine rings is 1. The normalized spacial score (nSPS) is 17.3. The van der Waals surface area contributed by atoms with Crippen LogP contribution in [-0.4, -0.2) is 28.9 Å². The van der Waals surface area contributed by atoms with E-state index in [0.717, 1.165) is 46.5 Å². The highest BCUT2D eigenvalue weighted by Crippen LogP contribution is 2.26. The third-order valence-electron chi connectivity index (χ3n) is 5.17. The van der Waals surface area contributed by atoms with Gasteiger partial charge in [-0.3, -0.25) is 9.69 Å². The molecule has 0 bridgehead atoms. The van der Waals surface area contributed by atoms with Crippen LogP contribution in [0.2, 0.25) is 0 Å². The van der Waals surface area contributed by atoms with Crippen LogP contribution in [0.4, 0.5) is 0 Å². The number of rotatable bonds is 5. The van der Waals surface area contributed by atoms with Crippen LogP contribution in [0, 0.1) is 5.92 Å². The van der Waals surface area contributed by atoms with E-state index >= 15 is 0 Å². The molecular weight excluding hydrogens is 358 g/mol. The molecule has 2 aromatic heterocycles. The number of hydrogen-bond donors (Lipinski definition) is 1. The Morgan fingerprint density at radius 3 is 2.85 bits per heavy atom. The zero-order valence-corrected chi connectivity index (χ0v) is 16.6. The van der Waals surface area contributed by atoms with Gasteiger partial charge in [0.25, 0.3) is 5.91 Å². The smallest absolute Gasteiger partial charge is 0.287 e. The van der Waals surface area contributed by atoms with Gasteiger partial charge in [-0.1, -0.05) is 19.1 Å². The first-order valence-electron chi connectivity index (χ1n) is 9.56. The van der Waals surface area contributed by atoms with E-state index < -0.39 is 0 Å². The number of para-hydroxylation sites is 1. The number of furan rings is 1. The van der Waals surface area contributed by atoms with E-state index in [-0.39, 0.29) is 11.9 Å². The van der Waals surface area contributed by atoms with Gasteiger partial charge in [0.1, 0.15) is 10.8 Å². The summed E-state index contributed by atoms with van der Waals surface area (Å²) in [7, 11) is 0. The zero-order chi connectivity index (χ0) is 18.8. The number of nitrogens with zero attached hydrogens (tertiary/aromatic N) is 2. The minimum atomic E-state index is -0.194. The number of likely N-dealkylation sites (tertiary alicyclic amines) is 1. The van der Waals surface area contributed by atoms with Gasteiger partial charge in [0.05, 0.1) is 22.8 Å². The van der Waals surface area contributed by atoms with Crippen LogP contribution < -0.4 is 5.32 Å². The van der Waals surface area contributed by atoms with Crippen molar-refractivity contribution in [2.45, 2.75) is 39.3 Å². The standard InChI is InChI=1S/C21H25N3O2S/c1-14-9-11-24(12-10-14)13-16-7-8-18(26-16)20(25)22-15(2)21-23-17-5-3-4-6-19(17)27-21/h3-8,14-15H,9-13H2,1-2H3,(H,22,25)/t15-/m0/s1. The van der Waals surface area contributed by atoms with Crippen LogP contribution in [0.3, 0.4) is 0 Å². The van der Waals surface area contributed by atoms with Crippen molar-refractivity contribution in [3.63, 3.8) is 0 Å². The average Bonchev–Trinajstić information content (AvgIpc) is 3.30. The first kappa shape index (κ1) is 18.2. The molecule has 0 radical (unpaired) electrons. The fourth-order valence-electron chi connectivity index (χ4n) is 3.43. The third kappa shape index (κ3) is 4.22. The molecule has 0 unspecified atom stereocenters. The first-order valence-corrected chi connectivity index (χ1v) is 10.4. The fourth-order valence-corrected chi connectivity index (χ4v) is 4.40. The first-order chi connectivity index (χ1) is 13.1. The van der Waals surface area contributed by atoms with Crippen molar-refractivity contribution in [3.8, 4) is 0 Å². The van der Waals surface area contributed by atoms with Gasteiger partial charge < -0.3 is 9.73 Å². The highest BCUT2D eigenvalue weighted by Gasteiger charge is 2.20. The second-order valence-corrected chi connectivity index (χ2v) is 8.50. The van der Waals surface area contributed by atoms with E-state index in [2.05, 4.69) is 22.1 Å². The molecule has 142 valence electrons. The van der Waals surface area contributed by atoms with Crippen molar-refractivity contribution in [2.75, 3.05) is 13.1 Å². The molecule has 5 nitrogen and oxygen atoms in total. The van der Waals surface area contributed by atoms with E-state index in [4.69, 9.17) is 4.42 Å². The predicted molar refractivity (Wildman–Crippen MR) is 108 cm³/mol. The van der Waals surface area contributed by atoms with Crippen molar-refractivity contribution >= 4 is 27.5 Å². The Kier molecular flexibility index (Phi) is 5.27. The number of nitrogens with one attached hydrogen (secondary N) is 1. The zero-order valence-electron chi connectivity index (χ0n) is 15.8. The lowest BCUT2D eigenvalue weighted by Crippen LogP contribution is -2.32. The number of thiazole rings is 1. The molecule has 0 spiro atoms. The summed E-state index contributed by atoms with van der Waals surface area (Å²) >= 11 is 1.61. The Hall–Kier alpha value is -2.18. The number of aromatic nitrogens is 1. The summed E-state index contributed by atoms with van der Waals surface area (Å²) in [6, 6.07) is 11.5. The minimum absolute atomic E-state index is 0.160. The van der Waals surface area contributed by atoms with Crippen LogP contribution >= 0.6 is 11.3 Å². The topological polar surface area (TPSA) is 58.4 Å². The van der Waals surface area contributed by atoms with Crippen LogP contribution in [-0.2, 0) is 6.54 Å². The number of amides is 1. The summed E-state index contributed by atoms with van der Waals surface area (Å²) < 4.78 is 6.93. The number of hydrogen-bond acceptors (Lipinski definition) is 5. The summed E-state index contributed by atoms with van der Waals surface area (Å²) in [5.41, 5.74) is 0.967. The molecule has 1 aliphatic heterocycles. The summed E-state index contributed by atoms with van der Waals surface area (Å²) in [5, 5.41) is 3.90. The molecular formula is C21H25N3O2S. The Labute approximate surface area is 163 Å². The largest absolute Gasteiger partial charge is 0.455 e. The minimum Gasteiger partial charge on any atom is -0.455 e. The molecule has 1 amide bonds. The van der Waals surface area contributed by atoms with E-state index in [1.165, 1.54) is 12.8 Å². The van der Waals surface area contributed by atoms with Crippen molar-refractivity contribution in [2.24, 2.45) is 5.92 Å².